The Morgan fingerprint density at radius 2 is 1.57 bits per heavy atom. The predicted octanol–water partition coefficient (Wildman–Crippen LogP) is 7.81. The molecule has 1 aliphatic carbocycles. The smallest absolute Gasteiger partial charge is 0.264 e. The van der Waals surface area contributed by atoms with Gasteiger partial charge in [-0.05, 0) is 89.3 Å². The number of ether oxygens (including phenoxy) is 1. The fraction of sp³-hybridized carbons (Fsp3) is 0.316. The molecule has 11 heteroatoms. The molecular weight excluding hydrogens is 770 g/mol. The molecule has 0 radical (unpaired) electrons. The molecule has 0 aliphatic heterocycles. The molecule has 4 aromatic rings. The Kier molecular flexibility index (Phi) is 12.6. The highest BCUT2D eigenvalue weighted by molar-refractivity contribution is 9.10. The highest BCUT2D eigenvalue weighted by Crippen LogP contribution is 2.31. The van der Waals surface area contributed by atoms with E-state index < -0.39 is 28.5 Å². The monoisotopic (exact) mass is 809 g/mol. The SMILES string of the molecule is COc1ccc(S(=O)(=O)N(CC(=O)N(Cc2cccc(Br)c2)[C@@H](Cc2ccccc2)C(=O)NC2CCCCC2)c2ccc(C)cc2)cc1Br. The first-order valence-electron chi connectivity index (χ1n) is 16.4. The molecule has 0 saturated heterocycles. The first-order valence-corrected chi connectivity index (χ1v) is 19.4. The molecule has 5 rings (SSSR count). The second-order valence-electron chi connectivity index (χ2n) is 12.3. The molecule has 0 aromatic heterocycles. The largest absolute Gasteiger partial charge is 0.496 e. The predicted molar refractivity (Wildman–Crippen MR) is 200 cm³/mol. The lowest BCUT2D eigenvalue weighted by Crippen LogP contribution is -2.55. The Labute approximate surface area is 306 Å². The van der Waals surface area contributed by atoms with Crippen molar-refractivity contribution in [1.82, 2.24) is 10.2 Å². The van der Waals surface area contributed by atoms with Crippen LogP contribution in [0, 0.1) is 6.92 Å². The summed E-state index contributed by atoms with van der Waals surface area (Å²) in [4.78, 5) is 30.5. The number of hydrogen-bond donors (Lipinski definition) is 1. The lowest BCUT2D eigenvalue weighted by atomic mass is 9.94. The molecule has 49 heavy (non-hydrogen) atoms. The number of halogens is 2. The Morgan fingerprint density at radius 1 is 0.878 bits per heavy atom. The molecule has 1 N–H and O–H groups in total. The number of aryl methyl sites for hydroxylation is 1. The summed E-state index contributed by atoms with van der Waals surface area (Å²) in [7, 11) is -2.76. The zero-order valence-corrected chi connectivity index (χ0v) is 31.6. The van der Waals surface area contributed by atoms with Crippen LogP contribution in [-0.4, -0.2) is 50.9 Å². The number of methoxy groups -OCH3 is 1. The van der Waals surface area contributed by atoms with E-state index >= 15 is 0 Å². The molecule has 258 valence electrons. The van der Waals surface area contributed by atoms with Gasteiger partial charge in [0, 0.05) is 23.5 Å². The number of carbonyl (C=O) groups is 2. The number of hydrogen-bond acceptors (Lipinski definition) is 5. The van der Waals surface area contributed by atoms with Crippen molar-refractivity contribution in [2.24, 2.45) is 0 Å². The number of anilines is 1. The normalized spacial score (nSPS) is 14.1. The van der Waals surface area contributed by atoms with Crippen LogP contribution >= 0.6 is 31.9 Å². The summed E-state index contributed by atoms with van der Waals surface area (Å²) in [6.07, 6.45) is 5.27. The summed E-state index contributed by atoms with van der Waals surface area (Å²) in [6.45, 7) is 1.49. The van der Waals surface area contributed by atoms with Crippen LogP contribution in [0.5, 0.6) is 5.75 Å². The Morgan fingerprint density at radius 3 is 2.22 bits per heavy atom. The molecule has 0 bridgehead atoms. The van der Waals surface area contributed by atoms with E-state index in [0.717, 1.165) is 57.6 Å². The fourth-order valence-electron chi connectivity index (χ4n) is 6.10. The summed E-state index contributed by atoms with van der Waals surface area (Å²) < 4.78 is 36.5. The molecule has 1 aliphatic rings. The van der Waals surface area contributed by atoms with Crippen molar-refractivity contribution < 1.29 is 22.7 Å². The number of rotatable bonds is 13. The van der Waals surface area contributed by atoms with E-state index in [1.807, 2.05) is 61.5 Å². The van der Waals surface area contributed by atoms with Gasteiger partial charge in [0.2, 0.25) is 11.8 Å². The summed E-state index contributed by atoms with van der Waals surface area (Å²) in [6, 6.07) is 27.8. The summed E-state index contributed by atoms with van der Waals surface area (Å²) in [5.41, 5.74) is 2.97. The van der Waals surface area contributed by atoms with Crippen molar-refractivity contribution in [3.05, 3.63) is 123 Å². The van der Waals surface area contributed by atoms with E-state index in [1.165, 1.54) is 24.1 Å². The van der Waals surface area contributed by atoms with Gasteiger partial charge in [-0.3, -0.25) is 13.9 Å². The minimum atomic E-state index is -4.26. The van der Waals surface area contributed by atoms with Crippen LogP contribution in [-0.2, 0) is 32.6 Å². The van der Waals surface area contributed by atoms with E-state index in [1.54, 1.807) is 30.3 Å². The maximum atomic E-state index is 14.8. The number of nitrogens with zero attached hydrogens (tertiary/aromatic N) is 2. The van der Waals surface area contributed by atoms with E-state index in [-0.39, 0.29) is 29.8 Å². The van der Waals surface area contributed by atoms with Crippen molar-refractivity contribution in [3.8, 4) is 5.75 Å². The standard InChI is InChI=1S/C38H41Br2N3O5S/c1-27-16-18-32(19-17-27)43(49(46,47)33-20-21-36(48-2)34(40)24-33)26-37(44)42(25-29-12-9-13-30(39)22-29)35(23-28-10-5-3-6-11-28)38(45)41-31-14-7-4-8-15-31/h3,5-6,9-13,16-22,24,31,35H,4,7-8,14-15,23,25-26H2,1-2H3,(H,41,45)/t35-/m0/s1. The number of benzene rings is 4. The Bertz CT molecular complexity index is 1850. The Hall–Kier alpha value is -3.67. The quantitative estimate of drug-likeness (QED) is 0.149. The summed E-state index contributed by atoms with van der Waals surface area (Å²) in [5.74, 6) is -0.274. The minimum Gasteiger partial charge on any atom is -0.496 e. The lowest BCUT2D eigenvalue weighted by molar-refractivity contribution is -0.140. The molecular formula is C38H41Br2N3O5S. The van der Waals surface area contributed by atoms with Crippen molar-refractivity contribution in [3.63, 3.8) is 0 Å². The zero-order valence-electron chi connectivity index (χ0n) is 27.6. The van der Waals surface area contributed by atoms with Gasteiger partial charge in [-0.25, -0.2) is 8.42 Å². The number of nitrogens with one attached hydrogen (secondary N) is 1. The van der Waals surface area contributed by atoms with Crippen molar-refractivity contribution in [1.29, 1.82) is 0 Å². The number of amides is 2. The van der Waals surface area contributed by atoms with Crippen LogP contribution in [0.25, 0.3) is 0 Å². The lowest BCUT2D eigenvalue weighted by Gasteiger charge is -2.35. The van der Waals surface area contributed by atoms with Gasteiger partial charge in [0.15, 0.2) is 0 Å². The van der Waals surface area contributed by atoms with Gasteiger partial charge in [0.1, 0.15) is 18.3 Å². The van der Waals surface area contributed by atoms with Gasteiger partial charge in [-0.1, -0.05) is 95.4 Å². The summed E-state index contributed by atoms with van der Waals surface area (Å²) in [5, 5.41) is 3.25. The second kappa shape index (κ2) is 16.8. The molecule has 0 unspecified atom stereocenters. The topological polar surface area (TPSA) is 96.0 Å². The minimum absolute atomic E-state index is 0.0111. The molecule has 1 saturated carbocycles. The average Bonchev–Trinajstić information content (AvgIpc) is 3.10. The highest BCUT2D eigenvalue weighted by atomic mass is 79.9. The zero-order chi connectivity index (χ0) is 35.0. The molecule has 1 fully saturated rings. The van der Waals surface area contributed by atoms with Crippen LogP contribution in [0.2, 0.25) is 0 Å². The molecule has 2 amide bonds. The third kappa shape index (κ3) is 9.52. The third-order valence-electron chi connectivity index (χ3n) is 8.78. The van der Waals surface area contributed by atoms with Gasteiger partial charge < -0.3 is 15.0 Å². The van der Waals surface area contributed by atoms with Crippen LogP contribution in [0.3, 0.4) is 0 Å². The van der Waals surface area contributed by atoms with Gasteiger partial charge >= 0.3 is 0 Å². The average molecular weight is 812 g/mol. The second-order valence-corrected chi connectivity index (χ2v) is 16.0. The first-order chi connectivity index (χ1) is 23.5. The summed E-state index contributed by atoms with van der Waals surface area (Å²) >= 11 is 6.94. The van der Waals surface area contributed by atoms with Crippen molar-refractivity contribution in [2.75, 3.05) is 18.0 Å². The highest BCUT2D eigenvalue weighted by Gasteiger charge is 2.35. The van der Waals surface area contributed by atoms with Gasteiger partial charge in [-0.15, -0.1) is 0 Å². The van der Waals surface area contributed by atoms with Crippen LogP contribution in [0.1, 0.15) is 48.8 Å². The van der Waals surface area contributed by atoms with E-state index in [0.29, 0.717) is 15.9 Å². The Balaban J connectivity index is 1.57. The van der Waals surface area contributed by atoms with Gasteiger partial charge in [-0.2, -0.15) is 0 Å². The molecule has 4 aromatic carbocycles. The first kappa shape index (κ1) is 36.6. The maximum absolute atomic E-state index is 14.8. The number of carbonyl (C=O) groups excluding carboxylic acids is 2. The molecule has 0 spiro atoms. The van der Waals surface area contributed by atoms with Gasteiger partial charge in [0.25, 0.3) is 10.0 Å². The van der Waals surface area contributed by atoms with Crippen LogP contribution in [0.4, 0.5) is 5.69 Å². The van der Waals surface area contributed by atoms with Crippen molar-refractivity contribution in [2.45, 2.75) is 69.0 Å². The number of sulfonamides is 1. The van der Waals surface area contributed by atoms with Gasteiger partial charge in [0.05, 0.1) is 22.2 Å². The molecule has 1 atom stereocenters. The van der Waals surface area contributed by atoms with Crippen LogP contribution in [0.15, 0.2) is 111 Å². The molecule has 8 nitrogen and oxygen atoms in total. The van der Waals surface area contributed by atoms with E-state index in [9.17, 15) is 18.0 Å². The van der Waals surface area contributed by atoms with Crippen molar-refractivity contribution >= 4 is 59.4 Å². The fourth-order valence-corrected chi connectivity index (χ4v) is 8.68. The third-order valence-corrected chi connectivity index (χ3v) is 11.7. The van der Waals surface area contributed by atoms with E-state index in [4.69, 9.17) is 4.74 Å². The maximum Gasteiger partial charge on any atom is 0.264 e. The molecule has 0 heterocycles. The van der Waals surface area contributed by atoms with Crippen LogP contribution < -0.4 is 14.4 Å². The van der Waals surface area contributed by atoms with E-state index in [2.05, 4.69) is 37.2 Å².